The lowest BCUT2D eigenvalue weighted by atomic mass is 9.98. The molecule has 1 fully saturated rings. The number of methoxy groups -OCH3 is 1. The van der Waals surface area contributed by atoms with Crippen LogP contribution in [-0.2, 0) is 23.8 Å². The minimum Gasteiger partial charge on any atom is -0.469 e. The summed E-state index contributed by atoms with van der Waals surface area (Å²) in [5.74, 6) is -0.0376. The zero-order valence-electron chi connectivity index (χ0n) is 19.3. The molecule has 0 radical (unpaired) electrons. The molecule has 6 nitrogen and oxygen atoms in total. The van der Waals surface area contributed by atoms with Crippen molar-refractivity contribution in [3.63, 3.8) is 0 Å². The molecule has 3 atom stereocenters. The van der Waals surface area contributed by atoms with E-state index in [0.717, 1.165) is 30.4 Å². The van der Waals surface area contributed by atoms with Gasteiger partial charge in [0, 0.05) is 12.3 Å². The first-order valence-corrected chi connectivity index (χ1v) is 11.5. The van der Waals surface area contributed by atoms with Crippen molar-refractivity contribution < 1.29 is 23.8 Å². The standard InChI is InChI=1S/C27H33NO5/c1-21-31-20-24(17-7-3-4-12-18-26(29)30-2)25(32-21)19-28-33-27(22-13-8-5-9-14-22)23-15-10-6-11-16-23/h3,5-11,13-16,19,21,24-25,27H,4,12,17-18,20H2,1-2H3/b7-3-,28-19+/t21-,24+,25+/m1/s1. The van der Waals surface area contributed by atoms with Gasteiger partial charge >= 0.3 is 5.97 Å². The number of oxime groups is 1. The number of carbonyl (C=O) groups is 1. The fourth-order valence-corrected chi connectivity index (χ4v) is 3.67. The summed E-state index contributed by atoms with van der Waals surface area (Å²) in [7, 11) is 1.41. The number of nitrogens with zero attached hydrogens (tertiary/aromatic N) is 1. The lowest BCUT2D eigenvalue weighted by molar-refractivity contribution is -0.207. The van der Waals surface area contributed by atoms with Crippen LogP contribution in [-0.4, -0.2) is 38.3 Å². The van der Waals surface area contributed by atoms with Gasteiger partial charge in [0.15, 0.2) is 12.4 Å². The van der Waals surface area contributed by atoms with Crippen molar-refractivity contribution in [3.8, 4) is 0 Å². The zero-order chi connectivity index (χ0) is 23.3. The second-order valence-corrected chi connectivity index (χ2v) is 8.00. The Morgan fingerprint density at radius 2 is 1.76 bits per heavy atom. The van der Waals surface area contributed by atoms with Crippen molar-refractivity contribution >= 4 is 12.2 Å². The Hall–Kier alpha value is -2.96. The van der Waals surface area contributed by atoms with Crippen LogP contribution in [0.4, 0.5) is 0 Å². The number of benzene rings is 2. The van der Waals surface area contributed by atoms with E-state index in [1.165, 1.54) is 7.11 Å². The summed E-state index contributed by atoms with van der Waals surface area (Å²) in [6.07, 6.45) is 7.99. The number of hydrogen-bond donors (Lipinski definition) is 0. The number of esters is 1. The van der Waals surface area contributed by atoms with Crippen molar-refractivity contribution in [1.29, 1.82) is 0 Å². The summed E-state index contributed by atoms with van der Waals surface area (Å²) in [5.41, 5.74) is 2.07. The molecule has 2 aromatic rings. The predicted molar refractivity (Wildman–Crippen MR) is 128 cm³/mol. The number of allylic oxidation sites excluding steroid dienone is 2. The number of carbonyl (C=O) groups excluding carboxylic acids is 1. The van der Waals surface area contributed by atoms with E-state index in [9.17, 15) is 4.79 Å². The Labute approximate surface area is 196 Å². The van der Waals surface area contributed by atoms with Crippen molar-refractivity contribution in [3.05, 3.63) is 83.9 Å². The summed E-state index contributed by atoms with van der Waals surface area (Å²) < 4.78 is 16.3. The fraction of sp³-hybridized carbons (Fsp3) is 0.407. The van der Waals surface area contributed by atoms with Crippen LogP contribution in [0.25, 0.3) is 0 Å². The Bertz CT molecular complexity index is 844. The highest BCUT2D eigenvalue weighted by molar-refractivity contribution is 5.69. The van der Waals surface area contributed by atoms with E-state index in [4.69, 9.17) is 14.3 Å². The SMILES string of the molecule is COC(=O)CCC/C=C\C[C@H]1CO[C@@H](C)O[C@H]1/C=N/OC(c1ccccc1)c1ccccc1. The fourth-order valence-electron chi connectivity index (χ4n) is 3.67. The molecule has 2 aromatic carbocycles. The van der Waals surface area contributed by atoms with Gasteiger partial charge in [0.05, 0.1) is 19.9 Å². The van der Waals surface area contributed by atoms with Crippen molar-refractivity contribution in [1.82, 2.24) is 0 Å². The van der Waals surface area contributed by atoms with E-state index in [2.05, 4.69) is 22.0 Å². The van der Waals surface area contributed by atoms with E-state index >= 15 is 0 Å². The van der Waals surface area contributed by atoms with Gasteiger partial charge in [-0.25, -0.2) is 0 Å². The van der Waals surface area contributed by atoms with Crippen LogP contribution in [0.2, 0.25) is 0 Å². The van der Waals surface area contributed by atoms with Gasteiger partial charge in [-0.2, -0.15) is 0 Å². The van der Waals surface area contributed by atoms with Gasteiger partial charge in [-0.15, -0.1) is 0 Å². The normalized spacial score (nSPS) is 21.0. The summed E-state index contributed by atoms with van der Waals surface area (Å²) in [4.78, 5) is 17.2. The van der Waals surface area contributed by atoms with Crippen LogP contribution in [0.1, 0.15) is 49.8 Å². The van der Waals surface area contributed by atoms with E-state index in [0.29, 0.717) is 13.0 Å². The Kier molecular flexibility index (Phi) is 10.1. The predicted octanol–water partition coefficient (Wildman–Crippen LogP) is 5.45. The quantitative estimate of drug-likeness (QED) is 0.150. The van der Waals surface area contributed by atoms with Crippen molar-refractivity contribution in [2.24, 2.45) is 11.1 Å². The first-order chi connectivity index (χ1) is 16.2. The topological polar surface area (TPSA) is 66.4 Å². The number of hydrogen-bond acceptors (Lipinski definition) is 6. The molecule has 0 aliphatic carbocycles. The van der Waals surface area contributed by atoms with Gasteiger partial charge < -0.3 is 19.0 Å². The maximum atomic E-state index is 11.2. The highest BCUT2D eigenvalue weighted by Gasteiger charge is 2.28. The van der Waals surface area contributed by atoms with E-state index in [1.807, 2.05) is 67.6 Å². The molecule has 0 saturated carbocycles. The number of ether oxygens (including phenoxy) is 3. The molecule has 0 spiro atoms. The number of unbranched alkanes of at least 4 members (excludes halogenated alkanes) is 1. The molecule has 1 saturated heterocycles. The van der Waals surface area contributed by atoms with E-state index in [1.54, 1.807) is 6.21 Å². The lowest BCUT2D eigenvalue weighted by Crippen LogP contribution is -2.39. The highest BCUT2D eigenvalue weighted by atomic mass is 16.7. The lowest BCUT2D eigenvalue weighted by Gasteiger charge is -2.32. The molecule has 0 aromatic heterocycles. The molecule has 33 heavy (non-hydrogen) atoms. The third-order valence-electron chi connectivity index (χ3n) is 5.52. The van der Waals surface area contributed by atoms with E-state index < -0.39 is 0 Å². The summed E-state index contributed by atoms with van der Waals surface area (Å²) in [5, 5.41) is 4.34. The first-order valence-electron chi connectivity index (χ1n) is 11.5. The Morgan fingerprint density at radius 1 is 1.09 bits per heavy atom. The maximum absolute atomic E-state index is 11.2. The summed E-state index contributed by atoms with van der Waals surface area (Å²) in [6.45, 7) is 2.47. The van der Waals surface area contributed by atoms with Gasteiger partial charge in [0.1, 0.15) is 6.10 Å². The molecule has 0 unspecified atom stereocenters. The van der Waals surface area contributed by atoms with Crippen LogP contribution < -0.4 is 0 Å². The minimum absolute atomic E-state index is 0.136. The number of rotatable bonds is 11. The molecule has 1 aliphatic rings. The van der Waals surface area contributed by atoms with Gasteiger partial charge in [-0.3, -0.25) is 4.79 Å². The van der Waals surface area contributed by atoms with E-state index in [-0.39, 0.29) is 30.4 Å². The van der Waals surface area contributed by atoms with Gasteiger partial charge in [0.2, 0.25) is 0 Å². The average molecular weight is 452 g/mol. The molecular formula is C27H33NO5. The molecule has 176 valence electrons. The van der Waals surface area contributed by atoms with Crippen LogP contribution in [0, 0.1) is 5.92 Å². The minimum atomic E-state index is -0.297. The molecule has 1 aliphatic heterocycles. The molecule has 0 N–H and O–H groups in total. The van der Waals surface area contributed by atoms with Gasteiger partial charge in [0.25, 0.3) is 0 Å². The molecule has 1 heterocycles. The molecule has 3 rings (SSSR count). The second kappa shape index (κ2) is 13.6. The molecular weight excluding hydrogens is 418 g/mol. The van der Waals surface area contributed by atoms with Crippen LogP contribution >= 0.6 is 0 Å². The molecule has 0 bridgehead atoms. The van der Waals surface area contributed by atoms with Crippen molar-refractivity contribution in [2.75, 3.05) is 13.7 Å². The largest absolute Gasteiger partial charge is 0.469 e. The first kappa shape index (κ1) is 24.7. The third-order valence-corrected chi connectivity index (χ3v) is 5.52. The van der Waals surface area contributed by atoms with Gasteiger partial charge in [-0.05, 0) is 37.3 Å². The summed E-state index contributed by atoms with van der Waals surface area (Å²) >= 11 is 0. The van der Waals surface area contributed by atoms with Crippen molar-refractivity contribution in [2.45, 2.75) is 51.1 Å². The second-order valence-electron chi connectivity index (χ2n) is 8.00. The molecule has 0 amide bonds. The Balaban J connectivity index is 1.59. The zero-order valence-corrected chi connectivity index (χ0v) is 19.3. The van der Waals surface area contributed by atoms with Crippen LogP contribution in [0.15, 0.2) is 78.0 Å². The Morgan fingerprint density at radius 3 is 2.39 bits per heavy atom. The third kappa shape index (κ3) is 8.15. The smallest absolute Gasteiger partial charge is 0.305 e. The monoisotopic (exact) mass is 451 g/mol. The van der Waals surface area contributed by atoms with Crippen LogP contribution in [0.3, 0.4) is 0 Å². The average Bonchev–Trinajstić information content (AvgIpc) is 2.86. The molecule has 6 heteroatoms. The summed E-state index contributed by atoms with van der Waals surface area (Å²) in [6, 6.07) is 20.1. The maximum Gasteiger partial charge on any atom is 0.305 e. The highest BCUT2D eigenvalue weighted by Crippen LogP contribution is 2.27. The van der Waals surface area contributed by atoms with Gasteiger partial charge in [-0.1, -0.05) is 78.0 Å². The van der Waals surface area contributed by atoms with Crippen LogP contribution in [0.5, 0.6) is 0 Å².